The molecule has 24 heavy (non-hydrogen) atoms. The Morgan fingerprint density at radius 2 is 2.21 bits per heavy atom. The first-order valence-corrected chi connectivity index (χ1v) is 8.39. The summed E-state index contributed by atoms with van der Waals surface area (Å²) >= 11 is 0. The van der Waals surface area contributed by atoms with Gasteiger partial charge in [-0.2, -0.15) is 5.26 Å². The van der Waals surface area contributed by atoms with Crippen molar-refractivity contribution in [3.8, 4) is 6.07 Å². The lowest BCUT2D eigenvalue weighted by Gasteiger charge is -2.34. The van der Waals surface area contributed by atoms with Crippen LogP contribution in [-0.2, 0) is 0 Å². The number of nitriles is 1. The largest absolute Gasteiger partial charge is 0.396 e. The number of nitrogens with zero attached hydrogens (tertiary/aromatic N) is 4. The molecule has 5 nitrogen and oxygen atoms in total. The van der Waals surface area contributed by atoms with Gasteiger partial charge < -0.3 is 10.0 Å². The van der Waals surface area contributed by atoms with Crippen molar-refractivity contribution in [3.05, 3.63) is 41.5 Å². The van der Waals surface area contributed by atoms with Gasteiger partial charge in [0.05, 0.1) is 16.6 Å². The summed E-state index contributed by atoms with van der Waals surface area (Å²) in [5.74, 6) is 1.37. The molecule has 0 bridgehead atoms. The van der Waals surface area contributed by atoms with Crippen LogP contribution in [0.4, 0.5) is 5.82 Å². The molecule has 1 aliphatic rings. The molecule has 3 aromatic rings. The Hall–Kier alpha value is -2.58. The quantitative estimate of drug-likeness (QED) is 0.788. The van der Waals surface area contributed by atoms with E-state index in [0.29, 0.717) is 11.5 Å². The molecule has 3 heterocycles. The van der Waals surface area contributed by atoms with Crippen LogP contribution in [0.25, 0.3) is 16.7 Å². The molecule has 0 radical (unpaired) electrons. The number of hydrogen-bond donors (Lipinski definition) is 1. The number of piperidine rings is 1. The van der Waals surface area contributed by atoms with Crippen LogP contribution >= 0.6 is 0 Å². The second kappa shape index (κ2) is 5.81. The molecule has 0 unspecified atom stereocenters. The highest BCUT2D eigenvalue weighted by molar-refractivity contribution is 5.85. The Kier molecular flexibility index (Phi) is 3.62. The van der Waals surface area contributed by atoms with Crippen LogP contribution in [0.5, 0.6) is 0 Å². The van der Waals surface area contributed by atoms with E-state index in [0.717, 1.165) is 54.0 Å². The van der Waals surface area contributed by atoms with Crippen LogP contribution in [-0.4, -0.2) is 34.2 Å². The number of fused-ring (bicyclic) bond motifs is 3. The van der Waals surface area contributed by atoms with E-state index in [1.807, 2.05) is 31.2 Å². The van der Waals surface area contributed by atoms with E-state index in [9.17, 15) is 10.4 Å². The molecule has 1 saturated heterocycles. The number of rotatable bonds is 2. The zero-order chi connectivity index (χ0) is 16.7. The number of aliphatic hydroxyl groups excluding tert-OH is 1. The topological polar surface area (TPSA) is 64.6 Å². The monoisotopic (exact) mass is 320 g/mol. The Bertz CT molecular complexity index is 953. The molecule has 1 atom stereocenters. The summed E-state index contributed by atoms with van der Waals surface area (Å²) in [6.45, 7) is 3.99. The molecule has 0 amide bonds. The predicted octanol–water partition coefficient (Wildman–Crippen LogP) is 2.88. The van der Waals surface area contributed by atoms with Crippen molar-refractivity contribution in [2.75, 3.05) is 24.6 Å². The van der Waals surface area contributed by atoms with Gasteiger partial charge >= 0.3 is 0 Å². The van der Waals surface area contributed by atoms with Crippen molar-refractivity contribution in [2.45, 2.75) is 19.8 Å². The summed E-state index contributed by atoms with van der Waals surface area (Å²) in [7, 11) is 0. The lowest BCUT2D eigenvalue weighted by Crippen LogP contribution is -2.37. The standard InChI is InChI=1S/C19H20N4O/c1-13-9-18(22-8-4-5-14(11-22)12-24)23-17-7-3-2-6-16(17)21-19(23)15(13)10-20/h2-3,6-7,9,14,24H,4-5,8,11-12H2,1H3/t14-/m1/s1. The number of aryl methyl sites for hydroxylation is 1. The molecule has 1 N–H and O–H groups in total. The Morgan fingerprint density at radius 1 is 1.38 bits per heavy atom. The molecule has 0 spiro atoms. The highest BCUT2D eigenvalue weighted by Crippen LogP contribution is 2.31. The van der Waals surface area contributed by atoms with Gasteiger partial charge in [-0.25, -0.2) is 4.98 Å². The predicted molar refractivity (Wildman–Crippen MR) is 94.2 cm³/mol. The van der Waals surface area contributed by atoms with E-state index < -0.39 is 0 Å². The molecule has 0 saturated carbocycles. The van der Waals surface area contributed by atoms with Crippen LogP contribution in [0.3, 0.4) is 0 Å². The Labute approximate surface area is 140 Å². The van der Waals surface area contributed by atoms with Gasteiger partial charge in [-0.3, -0.25) is 4.40 Å². The highest BCUT2D eigenvalue weighted by atomic mass is 16.3. The van der Waals surface area contributed by atoms with Gasteiger partial charge in [-0.05, 0) is 49.4 Å². The van der Waals surface area contributed by atoms with Gasteiger partial charge in [0.15, 0.2) is 5.65 Å². The van der Waals surface area contributed by atoms with Gasteiger partial charge in [0.25, 0.3) is 0 Å². The van der Waals surface area contributed by atoms with Crippen molar-refractivity contribution >= 4 is 22.5 Å². The Balaban J connectivity index is 2.00. The summed E-state index contributed by atoms with van der Waals surface area (Å²) < 4.78 is 2.10. The number of imidazole rings is 1. The first kappa shape index (κ1) is 15.0. The summed E-state index contributed by atoms with van der Waals surface area (Å²) in [6, 6.07) is 12.4. The van der Waals surface area contributed by atoms with Crippen molar-refractivity contribution < 1.29 is 5.11 Å². The van der Waals surface area contributed by atoms with Crippen molar-refractivity contribution in [1.29, 1.82) is 5.26 Å². The normalized spacial score (nSPS) is 18.2. The van der Waals surface area contributed by atoms with Crippen molar-refractivity contribution in [1.82, 2.24) is 9.38 Å². The van der Waals surface area contributed by atoms with Gasteiger partial charge in [0.2, 0.25) is 0 Å². The van der Waals surface area contributed by atoms with Gasteiger partial charge in [0, 0.05) is 19.7 Å². The van der Waals surface area contributed by atoms with Crippen LogP contribution in [0.2, 0.25) is 0 Å². The van der Waals surface area contributed by atoms with E-state index in [1.54, 1.807) is 0 Å². The molecule has 4 rings (SSSR count). The molecular weight excluding hydrogens is 300 g/mol. The second-order valence-electron chi connectivity index (χ2n) is 6.57. The zero-order valence-corrected chi connectivity index (χ0v) is 13.7. The summed E-state index contributed by atoms with van der Waals surface area (Å²) in [6.07, 6.45) is 2.13. The van der Waals surface area contributed by atoms with Gasteiger partial charge in [-0.15, -0.1) is 0 Å². The third-order valence-corrected chi connectivity index (χ3v) is 4.97. The lowest BCUT2D eigenvalue weighted by molar-refractivity contribution is 0.208. The molecule has 5 heteroatoms. The van der Waals surface area contributed by atoms with Crippen LogP contribution in [0.1, 0.15) is 24.0 Å². The summed E-state index contributed by atoms with van der Waals surface area (Å²) in [5.41, 5.74) is 4.22. The number of para-hydroxylation sites is 2. The average molecular weight is 320 g/mol. The average Bonchev–Trinajstić information content (AvgIpc) is 3.00. The van der Waals surface area contributed by atoms with E-state index in [-0.39, 0.29) is 6.61 Å². The number of hydrogen-bond acceptors (Lipinski definition) is 4. The number of benzene rings is 1. The third kappa shape index (κ3) is 2.22. The molecule has 1 aromatic carbocycles. The van der Waals surface area contributed by atoms with Crippen LogP contribution in [0, 0.1) is 24.2 Å². The molecule has 1 fully saturated rings. The highest BCUT2D eigenvalue weighted by Gasteiger charge is 2.23. The fourth-order valence-electron chi connectivity index (χ4n) is 3.73. The van der Waals surface area contributed by atoms with E-state index in [2.05, 4.69) is 21.4 Å². The first-order valence-electron chi connectivity index (χ1n) is 8.39. The molecule has 0 aliphatic carbocycles. The smallest absolute Gasteiger partial charge is 0.157 e. The SMILES string of the molecule is Cc1cc(N2CCC[C@@H](CO)C2)n2c(nc3ccccc32)c1C#N. The van der Waals surface area contributed by atoms with Gasteiger partial charge in [-0.1, -0.05) is 12.1 Å². The molecule has 1 aliphatic heterocycles. The molecule has 2 aromatic heterocycles. The van der Waals surface area contributed by atoms with Crippen molar-refractivity contribution in [2.24, 2.45) is 5.92 Å². The minimum Gasteiger partial charge on any atom is -0.396 e. The number of aliphatic hydroxyl groups is 1. The fraction of sp³-hybridized carbons (Fsp3) is 0.368. The summed E-state index contributed by atoms with van der Waals surface area (Å²) in [5, 5.41) is 19.1. The van der Waals surface area contributed by atoms with Gasteiger partial charge in [0.1, 0.15) is 11.9 Å². The van der Waals surface area contributed by atoms with Crippen molar-refractivity contribution in [3.63, 3.8) is 0 Å². The maximum Gasteiger partial charge on any atom is 0.157 e. The third-order valence-electron chi connectivity index (χ3n) is 4.97. The minimum atomic E-state index is 0.222. The van der Waals surface area contributed by atoms with E-state index in [4.69, 9.17) is 4.98 Å². The van der Waals surface area contributed by atoms with Crippen LogP contribution in [0.15, 0.2) is 30.3 Å². The van der Waals surface area contributed by atoms with E-state index in [1.165, 1.54) is 0 Å². The minimum absolute atomic E-state index is 0.222. The second-order valence-corrected chi connectivity index (χ2v) is 6.57. The van der Waals surface area contributed by atoms with E-state index >= 15 is 0 Å². The number of pyridine rings is 1. The van der Waals surface area contributed by atoms with Crippen LogP contribution < -0.4 is 4.90 Å². The maximum absolute atomic E-state index is 9.57. The fourth-order valence-corrected chi connectivity index (χ4v) is 3.73. The molecule has 122 valence electrons. The number of anilines is 1. The molecular formula is C19H20N4O. The lowest BCUT2D eigenvalue weighted by atomic mass is 9.99. The Morgan fingerprint density at radius 3 is 3.00 bits per heavy atom. The first-order chi connectivity index (χ1) is 11.7. The maximum atomic E-state index is 9.57. The zero-order valence-electron chi connectivity index (χ0n) is 13.7. The number of aromatic nitrogens is 2. The summed E-state index contributed by atoms with van der Waals surface area (Å²) in [4.78, 5) is 7.03.